The number of hydrogen-bond donors (Lipinski definition) is 1. The fourth-order valence-electron chi connectivity index (χ4n) is 3.93. The lowest BCUT2D eigenvalue weighted by atomic mass is 10.1. The molecule has 0 saturated carbocycles. The maximum Gasteiger partial charge on any atom is 0.335 e. The number of rotatable bonds is 5. The van der Waals surface area contributed by atoms with Crippen molar-refractivity contribution in [2.45, 2.75) is 6.61 Å². The number of fused-ring (bicyclic) bond motifs is 1. The number of anilines is 1. The minimum atomic E-state index is -0.776. The summed E-state index contributed by atoms with van der Waals surface area (Å²) in [5, 5.41) is 4.51. The molecule has 0 aromatic heterocycles. The Morgan fingerprint density at radius 2 is 1.60 bits per heavy atom. The summed E-state index contributed by atoms with van der Waals surface area (Å²) in [7, 11) is 0. The number of benzene rings is 4. The van der Waals surface area contributed by atoms with Crippen LogP contribution >= 0.6 is 15.9 Å². The van der Waals surface area contributed by atoms with E-state index in [0.29, 0.717) is 28.1 Å². The second-order valence-electron chi connectivity index (χ2n) is 7.91. The Balaban J connectivity index is 1.37. The molecule has 6 nitrogen and oxygen atoms in total. The standard InChI is InChI=1S/C28H19BrN2O4/c29-24-16-18(13-14-25(24)35-17-20-9-6-8-19-7-4-5-12-22(19)20)15-23-26(32)30-28(34)31(27(23)33)21-10-2-1-3-11-21/h1-16H,17H2,(H,30,32,34)/b23-15+. The minimum Gasteiger partial charge on any atom is -0.488 e. The van der Waals surface area contributed by atoms with Crippen molar-refractivity contribution < 1.29 is 19.1 Å². The molecule has 0 aliphatic carbocycles. The molecule has 7 heteroatoms. The molecule has 1 fully saturated rings. The first-order valence-electron chi connectivity index (χ1n) is 10.9. The number of hydrogen-bond acceptors (Lipinski definition) is 4. The maximum absolute atomic E-state index is 13.0. The number of amides is 4. The molecule has 1 aliphatic heterocycles. The molecule has 172 valence electrons. The molecular formula is C28H19BrN2O4. The molecule has 5 rings (SSSR count). The van der Waals surface area contributed by atoms with Gasteiger partial charge in [0.15, 0.2) is 0 Å². The highest BCUT2D eigenvalue weighted by atomic mass is 79.9. The van der Waals surface area contributed by atoms with E-state index in [1.165, 1.54) is 6.08 Å². The number of nitrogens with zero attached hydrogens (tertiary/aromatic N) is 1. The summed E-state index contributed by atoms with van der Waals surface area (Å²) >= 11 is 3.52. The Hall–Kier alpha value is -4.23. The zero-order chi connectivity index (χ0) is 24.4. The van der Waals surface area contributed by atoms with Gasteiger partial charge in [0.1, 0.15) is 17.9 Å². The average Bonchev–Trinajstić information content (AvgIpc) is 2.86. The predicted octanol–water partition coefficient (Wildman–Crippen LogP) is 5.85. The number of halogens is 1. The Morgan fingerprint density at radius 1 is 0.857 bits per heavy atom. The van der Waals surface area contributed by atoms with Crippen LogP contribution in [0.25, 0.3) is 16.8 Å². The van der Waals surface area contributed by atoms with E-state index in [0.717, 1.165) is 21.2 Å². The molecule has 1 saturated heterocycles. The van der Waals surface area contributed by atoms with Gasteiger partial charge in [0, 0.05) is 0 Å². The lowest BCUT2D eigenvalue weighted by molar-refractivity contribution is -0.122. The van der Waals surface area contributed by atoms with Crippen LogP contribution in [0.4, 0.5) is 10.5 Å². The lowest BCUT2D eigenvalue weighted by Gasteiger charge is -2.26. The number of carbonyl (C=O) groups excluding carboxylic acids is 3. The van der Waals surface area contributed by atoms with Gasteiger partial charge in [-0.1, -0.05) is 66.7 Å². The van der Waals surface area contributed by atoms with Crippen molar-refractivity contribution in [1.29, 1.82) is 0 Å². The van der Waals surface area contributed by atoms with Crippen molar-refractivity contribution in [3.8, 4) is 5.75 Å². The minimum absolute atomic E-state index is 0.134. The highest BCUT2D eigenvalue weighted by Crippen LogP contribution is 2.29. The van der Waals surface area contributed by atoms with Crippen LogP contribution < -0.4 is 15.0 Å². The summed E-state index contributed by atoms with van der Waals surface area (Å²) in [4.78, 5) is 38.7. The van der Waals surface area contributed by atoms with Crippen LogP contribution in [0.1, 0.15) is 11.1 Å². The van der Waals surface area contributed by atoms with Gasteiger partial charge in [0.2, 0.25) is 0 Å². The zero-order valence-electron chi connectivity index (χ0n) is 18.4. The first kappa shape index (κ1) is 22.6. The van der Waals surface area contributed by atoms with E-state index in [-0.39, 0.29) is 5.57 Å². The molecule has 4 aromatic rings. The molecule has 0 spiro atoms. The van der Waals surface area contributed by atoms with Gasteiger partial charge >= 0.3 is 6.03 Å². The van der Waals surface area contributed by atoms with Crippen LogP contribution in [0.5, 0.6) is 5.75 Å². The largest absolute Gasteiger partial charge is 0.488 e. The first-order chi connectivity index (χ1) is 17.0. The van der Waals surface area contributed by atoms with Crippen molar-refractivity contribution in [2.24, 2.45) is 0 Å². The summed E-state index contributed by atoms with van der Waals surface area (Å²) in [6, 6.07) is 27.2. The van der Waals surface area contributed by atoms with Gasteiger partial charge in [-0.25, -0.2) is 9.69 Å². The summed E-state index contributed by atoms with van der Waals surface area (Å²) in [5.41, 5.74) is 1.92. The molecule has 1 aliphatic rings. The Kier molecular flexibility index (Phi) is 6.16. The molecule has 0 radical (unpaired) electrons. The van der Waals surface area contributed by atoms with E-state index in [1.54, 1.807) is 48.5 Å². The number of carbonyl (C=O) groups is 3. The van der Waals surface area contributed by atoms with Gasteiger partial charge in [0.05, 0.1) is 10.2 Å². The third-order valence-corrected chi connectivity index (χ3v) is 6.27. The molecule has 1 heterocycles. The quantitative estimate of drug-likeness (QED) is 0.261. The van der Waals surface area contributed by atoms with Crippen LogP contribution in [0.3, 0.4) is 0 Å². The average molecular weight is 527 g/mol. The zero-order valence-corrected chi connectivity index (χ0v) is 20.0. The van der Waals surface area contributed by atoms with E-state index >= 15 is 0 Å². The molecule has 0 atom stereocenters. The van der Waals surface area contributed by atoms with Gasteiger partial charge in [0.25, 0.3) is 11.8 Å². The van der Waals surface area contributed by atoms with Crippen molar-refractivity contribution in [3.63, 3.8) is 0 Å². The van der Waals surface area contributed by atoms with Gasteiger partial charge in [-0.15, -0.1) is 0 Å². The second-order valence-corrected chi connectivity index (χ2v) is 8.76. The van der Waals surface area contributed by atoms with E-state index in [2.05, 4.69) is 39.4 Å². The summed E-state index contributed by atoms with van der Waals surface area (Å²) in [6.45, 7) is 0.384. The normalized spacial score (nSPS) is 14.9. The molecule has 4 amide bonds. The monoisotopic (exact) mass is 526 g/mol. The SMILES string of the molecule is O=C1NC(=O)N(c2ccccc2)C(=O)/C1=C/c1ccc(OCc2cccc3ccccc23)c(Br)c1. The van der Waals surface area contributed by atoms with Crippen molar-refractivity contribution in [1.82, 2.24) is 5.32 Å². The van der Waals surface area contributed by atoms with Crippen molar-refractivity contribution >= 4 is 56.3 Å². The van der Waals surface area contributed by atoms with Crippen molar-refractivity contribution in [2.75, 3.05) is 4.90 Å². The first-order valence-corrected chi connectivity index (χ1v) is 11.7. The molecule has 4 aromatic carbocycles. The van der Waals surface area contributed by atoms with E-state index in [9.17, 15) is 14.4 Å². The Bertz CT molecular complexity index is 1490. The Labute approximate surface area is 209 Å². The number of para-hydroxylation sites is 1. The topological polar surface area (TPSA) is 75.7 Å². The summed E-state index contributed by atoms with van der Waals surface area (Å²) < 4.78 is 6.71. The maximum atomic E-state index is 13.0. The van der Waals surface area contributed by atoms with E-state index in [4.69, 9.17) is 4.74 Å². The highest BCUT2D eigenvalue weighted by molar-refractivity contribution is 9.10. The second kappa shape index (κ2) is 9.56. The predicted molar refractivity (Wildman–Crippen MR) is 138 cm³/mol. The van der Waals surface area contributed by atoms with Crippen molar-refractivity contribution in [3.05, 3.63) is 112 Å². The fraction of sp³-hybridized carbons (Fsp3) is 0.0357. The summed E-state index contributed by atoms with van der Waals surface area (Å²) in [6.07, 6.45) is 1.46. The third kappa shape index (κ3) is 4.58. The molecule has 0 bridgehead atoms. The van der Waals surface area contributed by atoms with Gasteiger partial charge in [-0.2, -0.15) is 0 Å². The fourth-order valence-corrected chi connectivity index (χ4v) is 4.44. The third-order valence-electron chi connectivity index (χ3n) is 5.65. The number of barbiturate groups is 1. The van der Waals surface area contributed by atoms with Gasteiger partial charge in [-0.05, 0) is 68.2 Å². The molecule has 1 N–H and O–H groups in total. The lowest BCUT2D eigenvalue weighted by Crippen LogP contribution is -2.54. The number of nitrogens with one attached hydrogen (secondary N) is 1. The smallest absolute Gasteiger partial charge is 0.335 e. The number of urea groups is 1. The molecule has 35 heavy (non-hydrogen) atoms. The van der Waals surface area contributed by atoms with E-state index < -0.39 is 17.8 Å². The number of imide groups is 2. The van der Waals surface area contributed by atoms with Crippen LogP contribution in [0.15, 0.2) is 101 Å². The van der Waals surface area contributed by atoms with Gasteiger partial charge in [-0.3, -0.25) is 14.9 Å². The van der Waals surface area contributed by atoms with Gasteiger partial charge < -0.3 is 4.74 Å². The van der Waals surface area contributed by atoms with Crippen LogP contribution in [-0.4, -0.2) is 17.8 Å². The van der Waals surface area contributed by atoms with Crippen LogP contribution in [-0.2, 0) is 16.2 Å². The highest BCUT2D eigenvalue weighted by Gasteiger charge is 2.36. The number of ether oxygens (including phenoxy) is 1. The molecule has 0 unspecified atom stereocenters. The molecular weight excluding hydrogens is 508 g/mol. The van der Waals surface area contributed by atoms with Crippen LogP contribution in [0.2, 0.25) is 0 Å². The Morgan fingerprint density at radius 3 is 2.40 bits per heavy atom. The van der Waals surface area contributed by atoms with Crippen LogP contribution in [0, 0.1) is 0 Å². The van der Waals surface area contributed by atoms with E-state index in [1.807, 2.05) is 24.3 Å². The summed E-state index contributed by atoms with van der Waals surface area (Å²) in [5.74, 6) is -0.794.